The molecule has 0 atom stereocenters. The smallest absolute Gasteiger partial charge is 0.324 e. The van der Waals surface area contributed by atoms with Crippen LogP contribution in [-0.2, 0) is 12.9 Å². The Labute approximate surface area is 102 Å². The summed E-state index contributed by atoms with van der Waals surface area (Å²) in [7, 11) is 1.71. The van der Waals surface area contributed by atoms with Gasteiger partial charge in [-0.15, -0.1) is 11.6 Å². The highest BCUT2D eigenvalue weighted by molar-refractivity contribution is 6.16. The van der Waals surface area contributed by atoms with Crippen molar-refractivity contribution < 1.29 is 0 Å². The molecule has 17 heavy (non-hydrogen) atoms. The summed E-state index contributed by atoms with van der Waals surface area (Å²) in [6.07, 6.45) is 0. The van der Waals surface area contributed by atoms with Crippen LogP contribution in [0, 0.1) is 0 Å². The van der Waals surface area contributed by atoms with Crippen LogP contribution in [0.3, 0.4) is 0 Å². The summed E-state index contributed by atoms with van der Waals surface area (Å²) in [4.78, 5) is 30.0. The first-order valence-electron chi connectivity index (χ1n) is 5.23. The number of hydrogen-bond acceptors (Lipinski definition) is 3. The second-order valence-corrected chi connectivity index (χ2v) is 4.38. The fourth-order valence-electron chi connectivity index (χ4n) is 1.86. The molecule has 2 aromatic heterocycles. The molecule has 0 amide bonds. The number of halogens is 1. The summed E-state index contributed by atoms with van der Waals surface area (Å²) in [5.41, 5.74) is -0.133. The summed E-state index contributed by atoms with van der Waals surface area (Å²) in [5, 5.41) is 0. The fourth-order valence-corrected chi connectivity index (χ4v) is 2.10. The van der Waals surface area contributed by atoms with Crippen LogP contribution in [0.15, 0.2) is 9.59 Å². The quantitative estimate of drug-likeness (QED) is 0.806. The van der Waals surface area contributed by atoms with Crippen LogP contribution >= 0.6 is 11.6 Å². The van der Waals surface area contributed by atoms with E-state index in [4.69, 9.17) is 11.6 Å². The van der Waals surface area contributed by atoms with E-state index in [1.165, 1.54) is 4.57 Å². The predicted molar refractivity (Wildman–Crippen MR) is 65.5 cm³/mol. The van der Waals surface area contributed by atoms with Gasteiger partial charge in [-0.25, -0.2) is 9.78 Å². The second-order valence-electron chi connectivity index (χ2n) is 4.12. The van der Waals surface area contributed by atoms with E-state index in [1.807, 2.05) is 13.8 Å². The predicted octanol–water partition coefficient (Wildman–Crippen LogP) is 0.743. The first-order chi connectivity index (χ1) is 7.97. The number of fused-ring (bicyclic) bond motifs is 1. The van der Waals surface area contributed by atoms with Gasteiger partial charge >= 0.3 is 5.69 Å². The molecule has 0 aliphatic heterocycles. The lowest BCUT2D eigenvalue weighted by atomic mass is 10.4. The van der Waals surface area contributed by atoms with Crippen molar-refractivity contribution >= 4 is 22.8 Å². The largest absolute Gasteiger partial charge is 0.330 e. The third-order valence-corrected chi connectivity index (χ3v) is 2.93. The zero-order valence-corrected chi connectivity index (χ0v) is 10.6. The maximum atomic E-state index is 11.8. The number of aromatic nitrogens is 4. The number of imidazole rings is 1. The molecule has 1 N–H and O–H groups in total. The van der Waals surface area contributed by atoms with Crippen LogP contribution in [0.4, 0.5) is 0 Å². The van der Waals surface area contributed by atoms with E-state index in [-0.39, 0.29) is 11.9 Å². The Kier molecular flexibility index (Phi) is 2.82. The van der Waals surface area contributed by atoms with Crippen LogP contribution in [0.25, 0.3) is 11.2 Å². The topological polar surface area (TPSA) is 72.7 Å². The first-order valence-corrected chi connectivity index (χ1v) is 5.77. The van der Waals surface area contributed by atoms with Crippen molar-refractivity contribution in [2.45, 2.75) is 25.8 Å². The van der Waals surface area contributed by atoms with Crippen molar-refractivity contribution in [1.82, 2.24) is 19.1 Å². The Morgan fingerprint density at radius 2 is 2.06 bits per heavy atom. The molecule has 0 aromatic carbocycles. The molecule has 7 heteroatoms. The summed E-state index contributed by atoms with van der Waals surface area (Å²) in [6, 6.07) is -0.0834. The van der Waals surface area contributed by atoms with Gasteiger partial charge in [0.1, 0.15) is 5.82 Å². The number of aromatic amines is 1. The first kappa shape index (κ1) is 11.9. The number of hydrogen-bond donors (Lipinski definition) is 1. The summed E-state index contributed by atoms with van der Waals surface area (Å²) in [5.74, 6) is 0.754. The molecular weight excluding hydrogens is 244 g/mol. The Hall–Kier alpha value is -1.56. The zero-order chi connectivity index (χ0) is 12.7. The summed E-state index contributed by atoms with van der Waals surface area (Å²) < 4.78 is 3.06. The van der Waals surface area contributed by atoms with Gasteiger partial charge in [0, 0.05) is 13.1 Å². The van der Waals surface area contributed by atoms with Gasteiger partial charge in [-0.3, -0.25) is 14.3 Å². The maximum Gasteiger partial charge on any atom is 0.330 e. The molecule has 6 nitrogen and oxygen atoms in total. The lowest BCUT2D eigenvalue weighted by molar-refractivity contribution is 0.580. The highest BCUT2D eigenvalue weighted by atomic mass is 35.5. The van der Waals surface area contributed by atoms with Gasteiger partial charge in [-0.05, 0) is 13.8 Å². The molecule has 2 rings (SSSR count). The number of aryl methyl sites for hydroxylation is 1. The molecule has 0 bridgehead atoms. The van der Waals surface area contributed by atoms with Crippen LogP contribution in [0.5, 0.6) is 0 Å². The van der Waals surface area contributed by atoms with E-state index in [9.17, 15) is 9.59 Å². The fraction of sp³-hybridized carbons (Fsp3) is 0.500. The van der Waals surface area contributed by atoms with Gasteiger partial charge in [0.05, 0.1) is 5.88 Å². The van der Waals surface area contributed by atoms with Crippen molar-refractivity contribution in [1.29, 1.82) is 0 Å². The monoisotopic (exact) mass is 256 g/mol. The van der Waals surface area contributed by atoms with Crippen molar-refractivity contribution in [3.05, 3.63) is 26.7 Å². The van der Waals surface area contributed by atoms with E-state index in [0.29, 0.717) is 17.0 Å². The van der Waals surface area contributed by atoms with Gasteiger partial charge in [-0.1, -0.05) is 0 Å². The van der Waals surface area contributed by atoms with E-state index in [1.54, 1.807) is 11.6 Å². The zero-order valence-electron chi connectivity index (χ0n) is 9.82. The molecule has 0 aliphatic carbocycles. The molecular formula is C10H13ClN4O2. The summed E-state index contributed by atoms with van der Waals surface area (Å²) >= 11 is 5.74. The van der Waals surface area contributed by atoms with Crippen LogP contribution in [0.1, 0.15) is 25.7 Å². The van der Waals surface area contributed by atoms with Crippen molar-refractivity contribution in [3.8, 4) is 0 Å². The van der Waals surface area contributed by atoms with Gasteiger partial charge in [0.25, 0.3) is 5.56 Å². The molecule has 0 saturated heterocycles. The Balaban J connectivity index is 3.02. The average Bonchev–Trinajstić information content (AvgIpc) is 2.55. The van der Waals surface area contributed by atoms with Gasteiger partial charge in [-0.2, -0.15) is 0 Å². The minimum atomic E-state index is -0.447. The van der Waals surface area contributed by atoms with Gasteiger partial charge in [0.2, 0.25) is 0 Å². The summed E-state index contributed by atoms with van der Waals surface area (Å²) in [6.45, 7) is 3.71. The molecule has 0 spiro atoms. The second kappa shape index (κ2) is 4.03. The average molecular weight is 257 g/mol. The number of rotatable bonds is 2. The minimum absolute atomic E-state index is 0.0834. The SMILES string of the molecule is CC(C)n1c(=O)[nH]c(=O)c2c1nc(CCl)n2C. The number of nitrogens with one attached hydrogen (secondary N) is 1. The minimum Gasteiger partial charge on any atom is -0.324 e. The molecule has 0 aliphatic rings. The highest BCUT2D eigenvalue weighted by Gasteiger charge is 2.17. The Morgan fingerprint density at radius 1 is 1.41 bits per heavy atom. The van der Waals surface area contributed by atoms with Crippen molar-refractivity contribution in [2.75, 3.05) is 0 Å². The maximum absolute atomic E-state index is 11.8. The van der Waals surface area contributed by atoms with E-state index < -0.39 is 11.2 Å². The number of H-pyrrole nitrogens is 1. The molecule has 0 radical (unpaired) electrons. The van der Waals surface area contributed by atoms with Crippen LogP contribution < -0.4 is 11.2 Å². The molecule has 0 unspecified atom stereocenters. The molecule has 2 heterocycles. The Morgan fingerprint density at radius 3 is 2.59 bits per heavy atom. The van der Waals surface area contributed by atoms with Gasteiger partial charge < -0.3 is 4.57 Å². The molecule has 0 fully saturated rings. The van der Waals surface area contributed by atoms with E-state index in [0.717, 1.165) is 0 Å². The normalized spacial score (nSPS) is 11.6. The lowest BCUT2D eigenvalue weighted by Crippen LogP contribution is -2.31. The van der Waals surface area contributed by atoms with E-state index in [2.05, 4.69) is 9.97 Å². The Bertz CT molecular complexity index is 680. The molecule has 2 aromatic rings. The van der Waals surface area contributed by atoms with Gasteiger partial charge in [0.15, 0.2) is 11.2 Å². The highest BCUT2D eigenvalue weighted by Crippen LogP contribution is 2.13. The van der Waals surface area contributed by atoms with E-state index >= 15 is 0 Å². The molecule has 92 valence electrons. The third kappa shape index (κ3) is 1.68. The van der Waals surface area contributed by atoms with Crippen LogP contribution in [-0.4, -0.2) is 19.1 Å². The van der Waals surface area contributed by atoms with Crippen molar-refractivity contribution in [3.63, 3.8) is 0 Å². The standard InChI is InChI=1S/C10H13ClN4O2/c1-5(2)15-8-7(9(16)13-10(15)17)14(3)6(4-11)12-8/h5H,4H2,1-3H3,(H,13,16,17). The third-order valence-electron chi connectivity index (χ3n) is 2.69. The number of alkyl halides is 1. The van der Waals surface area contributed by atoms with Crippen molar-refractivity contribution in [2.24, 2.45) is 7.05 Å². The molecule has 0 saturated carbocycles. The lowest BCUT2D eigenvalue weighted by Gasteiger charge is -2.09. The van der Waals surface area contributed by atoms with Crippen LogP contribution in [0.2, 0.25) is 0 Å². The number of nitrogens with zero attached hydrogens (tertiary/aromatic N) is 3.